The maximum Gasteiger partial charge on any atom is 0.408 e. The Kier molecular flexibility index (Phi) is 11.1. The highest BCUT2D eigenvalue weighted by Crippen LogP contribution is 2.29. The second-order valence-corrected chi connectivity index (χ2v) is 10.3. The van der Waals surface area contributed by atoms with Crippen LogP contribution in [0.4, 0.5) is 4.79 Å². The lowest BCUT2D eigenvalue weighted by molar-refractivity contribution is -0.143. The van der Waals surface area contributed by atoms with Gasteiger partial charge < -0.3 is 20.3 Å². The predicted molar refractivity (Wildman–Crippen MR) is 135 cm³/mol. The molecular formula is C27H41N3O4. The molecule has 1 aromatic rings. The number of nitrogens with one attached hydrogen (secondary N) is 2. The van der Waals surface area contributed by atoms with Crippen molar-refractivity contribution in [3.63, 3.8) is 0 Å². The van der Waals surface area contributed by atoms with Crippen LogP contribution in [0.3, 0.4) is 0 Å². The molecule has 1 aromatic carbocycles. The van der Waals surface area contributed by atoms with Crippen LogP contribution < -0.4 is 10.6 Å². The number of alkyl carbamates (subject to hydrolysis) is 1. The first-order valence-corrected chi connectivity index (χ1v) is 11.9. The number of amides is 3. The fourth-order valence-corrected chi connectivity index (χ4v) is 3.56. The molecule has 0 radical (unpaired) electrons. The van der Waals surface area contributed by atoms with Gasteiger partial charge in [-0.05, 0) is 71.9 Å². The van der Waals surface area contributed by atoms with Gasteiger partial charge in [0.15, 0.2) is 0 Å². The molecule has 1 rings (SSSR count). The standard InChI is InChI=1S/C27H41N3O4/c1-10-21-13-11-12-14-22(21)24(25(32)29-19(4)5)30(20(6)16-15-18(2)3)23(31)17-28-26(33)34-27(7,8)9/h1,11-14,18-20,24H,15-17H2,2-9H3,(H,28,33)(H,29,32). The third-order valence-corrected chi connectivity index (χ3v) is 5.08. The van der Waals surface area contributed by atoms with Crippen molar-refractivity contribution < 1.29 is 19.1 Å². The quantitative estimate of drug-likeness (QED) is 0.495. The molecule has 0 bridgehead atoms. The van der Waals surface area contributed by atoms with Crippen molar-refractivity contribution in [2.24, 2.45) is 5.92 Å². The molecule has 0 aliphatic carbocycles. The molecule has 0 heterocycles. The minimum atomic E-state index is -0.940. The number of terminal acetylenes is 1. The maximum atomic E-state index is 13.5. The van der Waals surface area contributed by atoms with E-state index >= 15 is 0 Å². The van der Waals surface area contributed by atoms with Gasteiger partial charge in [-0.1, -0.05) is 38.0 Å². The first-order chi connectivity index (χ1) is 15.8. The first-order valence-electron chi connectivity index (χ1n) is 11.9. The zero-order valence-corrected chi connectivity index (χ0v) is 21.9. The van der Waals surface area contributed by atoms with Gasteiger partial charge >= 0.3 is 6.09 Å². The minimum Gasteiger partial charge on any atom is -0.444 e. The van der Waals surface area contributed by atoms with E-state index in [0.29, 0.717) is 23.5 Å². The van der Waals surface area contributed by atoms with Crippen molar-refractivity contribution in [2.45, 2.75) is 92.0 Å². The Labute approximate surface area is 205 Å². The van der Waals surface area contributed by atoms with Crippen LogP contribution in [0.1, 0.15) is 85.4 Å². The highest BCUT2D eigenvalue weighted by Gasteiger charge is 2.36. The average Bonchev–Trinajstić information content (AvgIpc) is 2.72. The number of hydrogen-bond donors (Lipinski definition) is 2. The lowest BCUT2D eigenvalue weighted by Gasteiger charge is -2.37. The van der Waals surface area contributed by atoms with Crippen LogP contribution in [0.2, 0.25) is 0 Å². The fourth-order valence-electron chi connectivity index (χ4n) is 3.56. The highest BCUT2D eigenvalue weighted by molar-refractivity contribution is 5.91. The van der Waals surface area contributed by atoms with Crippen molar-refractivity contribution in [3.8, 4) is 12.3 Å². The Morgan fingerprint density at radius 1 is 1.06 bits per heavy atom. The van der Waals surface area contributed by atoms with Crippen molar-refractivity contribution in [1.82, 2.24) is 15.5 Å². The molecular weight excluding hydrogens is 430 g/mol. The molecule has 3 amide bonds. The molecule has 34 heavy (non-hydrogen) atoms. The Bertz CT molecular complexity index is 881. The molecule has 7 nitrogen and oxygen atoms in total. The smallest absolute Gasteiger partial charge is 0.408 e. The molecule has 7 heteroatoms. The molecule has 2 unspecified atom stereocenters. The molecule has 0 aliphatic heterocycles. The van der Waals surface area contributed by atoms with Crippen LogP contribution in [0.25, 0.3) is 0 Å². The van der Waals surface area contributed by atoms with Gasteiger partial charge in [0.1, 0.15) is 18.2 Å². The zero-order valence-electron chi connectivity index (χ0n) is 21.9. The molecule has 0 spiro atoms. The Hall–Kier alpha value is -3.01. The van der Waals surface area contributed by atoms with Crippen molar-refractivity contribution in [3.05, 3.63) is 35.4 Å². The number of hydrogen-bond acceptors (Lipinski definition) is 4. The van der Waals surface area contributed by atoms with Crippen LogP contribution in [0.15, 0.2) is 24.3 Å². The van der Waals surface area contributed by atoms with Gasteiger partial charge in [0, 0.05) is 17.6 Å². The van der Waals surface area contributed by atoms with E-state index in [4.69, 9.17) is 11.2 Å². The number of ether oxygens (including phenoxy) is 1. The monoisotopic (exact) mass is 471 g/mol. The topological polar surface area (TPSA) is 87.7 Å². The molecule has 0 aromatic heterocycles. The second kappa shape index (κ2) is 13.0. The lowest BCUT2D eigenvalue weighted by atomic mass is 9.95. The van der Waals surface area contributed by atoms with Gasteiger partial charge in [-0.15, -0.1) is 6.42 Å². The molecule has 0 fully saturated rings. The van der Waals surface area contributed by atoms with Gasteiger partial charge in [0.2, 0.25) is 11.8 Å². The van der Waals surface area contributed by atoms with Crippen LogP contribution in [-0.2, 0) is 14.3 Å². The first kappa shape index (κ1) is 29.0. The van der Waals surface area contributed by atoms with E-state index in [1.165, 1.54) is 0 Å². The van der Waals surface area contributed by atoms with Crippen molar-refractivity contribution >= 4 is 17.9 Å². The number of nitrogens with zero attached hydrogens (tertiary/aromatic N) is 1. The Morgan fingerprint density at radius 2 is 1.68 bits per heavy atom. The summed E-state index contributed by atoms with van der Waals surface area (Å²) in [6.07, 6.45) is 6.62. The summed E-state index contributed by atoms with van der Waals surface area (Å²) < 4.78 is 5.26. The number of carbonyl (C=O) groups is 3. The van der Waals surface area contributed by atoms with E-state index in [2.05, 4.69) is 30.4 Å². The summed E-state index contributed by atoms with van der Waals surface area (Å²) in [6.45, 7) is 14.8. The summed E-state index contributed by atoms with van der Waals surface area (Å²) in [5.41, 5.74) is 0.425. The van der Waals surface area contributed by atoms with E-state index in [9.17, 15) is 14.4 Å². The van der Waals surface area contributed by atoms with Crippen LogP contribution in [0, 0.1) is 18.3 Å². The highest BCUT2D eigenvalue weighted by atomic mass is 16.6. The second-order valence-electron chi connectivity index (χ2n) is 10.3. The van der Waals surface area contributed by atoms with Gasteiger partial charge in [-0.3, -0.25) is 9.59 Å². The molecule has 2 N–H and O–H groups in total. The summed E-state index contributed by atoms with van der Waals surface area (Å²) in [4.78, 5) is 40.7. The normalized spacial score (nSPS) is 13.1. The van der Waals surface area contributed by atoms with Crippen molar-refractivity contribution in [1.29, 1.82) is 0 Å². The number of benzene rings is 1. The Morgan fingerprint density at radius 3 is 2.21 bits per heavy atom. The van der Waals surface area contributed by atoms with Crippen LogP contribution in [0.5, 0.6) is 0 Å². The molecule has 0 aliphatic rings. The molecule has 0 saturated carbocycles. The lowest BCUT2D eigenvalue weighted by Crippen LogP contribution is -2.52. The van der Waals surface area contributed by atoms with E-state index in [1.54, 1.807) is 49.9 Å². The summed E-state index contributed by atoms with van der Waals surface area (Å²) >= 11 is 0. The number of rotatable bonds is 10. The Balaban J connectivity index is 3.41. The zero-order chi connectivity index (χ0) is 26.1. The summed E-state index contributed by atoms with van der Waals surface area (Å²) in [6, 6.07) is 5.78. The predicted octanol–water partition coefficient (Wildman–Crippen LogP) is 4.41. The van der Waals surface area contributed by atoms with Gasteiger partial charge in [0.25, 0.3) is 0 Å². The van der Waals surface area contributed by atoms with Gasteiger partial charge in [-0.25, -0.2) is 4.79 Å². The third-order valence-electron chi connectivity index (χ3n) is 5.08. The maximum absolute atomic E-state index is 13.5. The summed E-state index contributed by atoms with van der Waals surface area (Å²) in [5, 5.41) is 5.46. The molecule has 2 atom stereocenters. The van der Waals surface area contributed by atoms with E-state index in [1.807, 2.05) is 20.8 Å². The number of carbonyl (C=O) groups excluding carboxylic acids is 3. The van der Waals surface area contributed by atoms with E-state index in [0.717, 1.165) is 6.42 Å². The van der Waals surface area contributed by atoms with E-state index in [-0.39, 0.29) is 24.5 Å². The average molecular weight is 472 g/mol. The SMILES string of the molecule is C#Cc1ccccc1C(C(=O)NC(C)C)N(C(=O)CNC(=O)OC(C)(C)C)C(C)CCC(C)C. The third kappa shape index (κ3) is 9.46. The van der Waals surface area contributed by atoms with Crippen molar-refractivity contribution in [2.75, 3.05) is 6.54 Å². The van der Waals surface area contributed by atoms with E-state index < -0.39 is 23.6 Å². The largest absolute Gasteiger partial charge is 0.444 e. The van der Waals surface area contributed by atoms with Gasteiger partial charge in [-0.2, -0.15) is 0 Å². The van der Waals surface area contributed by atoms with Crippen LogP contribution >= 0.6 is 0 Å². The fraction of sp³-hybridized carbons (Fsp3) is 0.593. The minimum absolute atomic E-state index is 0.129. The summed E-state index contributed by atoms with van der Waals surface area (Å²) in [5.74, 6) is 2.36. The summed E-state index contributed by atoms with van der Waals surface area (Å²) in [7, 11) is 0. The molecule has 188 valence electrons. The molecule has 0 saturated heterocycles. The van der Waals surface area contributed by atoms with Crippen LogP contribution in [-0.4, -0.2) is 47.0 Å². The van der Waals surface area contributed by atoms with Gasteiger partial charge in [0.05, 0.1) is 0 Å².